The molecule has 2 atom stereocenters. The van der Waals surface area contributed by atoms with E-state index in [1.165, 1.54) is 10.4 Å². The second-order valence-corrected chi connectivity index (χ2v) is 10.3. The minimum Gasteiger partial charge on any atom is -0.393 e. The Kier molecular flexibility index (Phi) is 4.09. The van der Waals surface area contributed by atoms with Gasteiger partial charge >= 0.3 is 0 Å². The van der Waals surface area contributed by atoms with Gasteiger partial charge < -0.3 is 5.11 Å². The molecule has 108 valence electrons. The zero-order valence-electron chi connectivity index (χ0n) is 12.4. The number of allylic oxidation sites excluding steroid dienone is 2. The molecular formula is C19H22OSi. The summed E-state index contributed by atoms with van der Waals surface area (Å²) in [6.07, 6.45) is 5.28. The Morgan fingerprint density at radius 3 is 2.00 bits per heavy atom. The van der Waals surface area contributed by atoms with Crippen LogP contribution >= 0.6 is 0 Å². The molecule has 0 aromatic heterocycles. The lowest BCUT2D eigenvalue weighted by molar-refractivity contribution is 0.185. The average Bonchev–Trinajstić information content (AvgIpc) is 2.93. The summed E-state index contributed by atoms with van der Waals surface area (Å²) in [5.74, 6) is 0. The number of rotatable bonds is 4. The number of benzene rings is 2. The lowest BCUT2D eigenvalue weighted by atomic mass is 10.2. The second kappa shape index (κ2) is 6.00. The number of aliphatic hydroxyl groups excluding tert-OH is 1. The minimum atomic E-state index is -1.85. The quantitative estimate of drug-likeness (QED) is 0.679. The zero-order chi connectivity index (χ0) is 14.7. The fourth-order valence-corrected chi connectivity index (χ4v) is 8.94. The molecule has 0 fully saturated rings. The van der Waals surface area contributed by atoms with E-state index in [0.717, 1.165) is 12.5 Å². The first-order chi connectivity index (χ1) is 10.2. The van der Waals surface area contributed by atoms with E-state index in [1.807, 2.05) is 6.92 Å². The van der Waals surface area contributed by atoms with E-state index < -0.39 is 8.07 Å². The van der Waals surface area contributed by atoms with E-state index in [2.05, 4.69) is 72.8 Å². The van der Waals surface area contributed by atoms with Gasteiger partial charge in [-0.05, 0) is 24.9 Å². The Bertz CT molecular complexity index is 564. The molecule has 1 aliphatic heterocycles. The van der Waals surface area contributed by atoms with Gasteiger partial charge in [0.1, 0.15) is 8.07 Å². The first-order valence-corrected chi connectivity index (χ1v) is 9.98. The Balaban J connectivity index is 2.12. The molecule has 0 bridgehead atoms. The number of hydrogen-bond donors (Lipinski definition) is 1. The normalized spacial score (nSPS) is 21.3. The van der Waals surface area contributed by atoms with Gasteiger partial charge in [0.25, 0.3) is 0 Å². The van der Waals surface area contributed by atoms with Crippen LogP contribution < -0.4 is 10.4 Å². The van der Waals surface area contributed by atoms with Crippen molar-refractivity contribution in [3.8, 4) is 0 Å². The molecule has 2 aromatic rings. The maximum atomic E-state index is 9.93. The second-order valence-electron chi connectivity index (χ2n) is 6.03. The van der Waals surface area contributed by atoms with Crippen molar-refractivity contribution in [1.82, 2.24) is 0 Å². The maximum absolute atomic E-state index is 9.93. The molecule has 0 unspecified atom stereocenters. The van der Waals surface area contributed by atoms with Gasteiger partial charge in [-0.15, -0.1) is 0 Å². The zero-order valence-corrected chi connectivity index (χ0v) is 13.4. The van der Waals surface area contributed by atoms with Crippen molar-refractivity contribution in [2.24, 2.45) is 0 Å². The maximum Gasteiger partial charge on any atom is 0.128 e. The molecule has 2 aromatic carbocycles. The highest BCUT2D eigenvalue weighted by Crippen LogP contribution is 2.37. The molecule has 0 saturated heterocycles. The van der Waals surface area contributed by atoms with E-state index >= 15 is 0 Å². The van der Waals surface area contributed by atoms with Crippen LogP contribution in [0.15, 0.2) is 72.8 Å². The third-order valence-electron chi connectivity index (χ3n) is 4.61. The van der Waals surface area contributed by atoms with E-state index in [0.29, 0.717) is 5.54 Å². The number of aliphatic hydroxyl groups is 1. The largest absolute Gasteiger partial charge is 0.393 e. The van der Waals surface area contributed by atoms with Crippen LogP contribution in [-0.2, 0) is 0 Å². The molecule has 1 heterocycles. The van der Waals surface area contributed by atoms with Crippen molar-refractivity contribution >= 4 is 18.4 Å². The first kappa shape index (κ1) is 14.3. The van der Waals surface area contributed by atoms with E-state index in [9.17, 15) is 5.11 Å². The Morgan fingerprint density at radius 1 is 1.00 bits per heavy atom. The smallest absolute Gasteiger partial charge is 0.128 e. The molecule has 0 amide bonds. The van der Waals surface area contributed by atoms with Crippen LogP contribution in [0.5, 0.6) is 0 Å². The van der Waals surface area contributed by atoms with Crippen LogP contribution in [0.4, 0.5) is 0 Å². The van der Waals surface area contributed by atoms with Gasteiger partial charge in [0, 0.05) is 0 Å². The Morgan fingerprint density at radius 2 is 1.52 bits per heavy atom. The Hall–Kier alpha value is -1.64. The summed E-state index contributed by atoms with van der Waals surface area (Å²) in [5, 5.41) is 12.9. The van der Waals surface area contributed by atoms with Crippen molar-refractivity contribution in [3.05, 3.63) is 72.8 Å². The highest BCUT2D eigenvalue weighted by molar-refractivity contribution is 7.04. The molecule has 1 N–H and O–H groups in total. The molecule has 1 aliphatic rings. The summed E-state index contributed by atoms with van der Waals surface area (Å²) in [4.78, 5) is 0. The van der Waals surface area contributed by atoms with E-state index in [-0.39, 0.29) is 6.10 Å². The fourth-order valence-electron chi connectivity index (χ4n) is 3.68. The lowest BCUT2D eigenvalue weighted by Gasteiger charge is -2.35. The molecule has 0 saturated carbocycles. The third-order valence-corrected chi connectivity index (χ3v) is 9.92. The predicted molar refractivity (Wildman–Crippen MR) is 91.9 cm³/mol. The van der Waals surface area contributed by atoms with Crippen molar-refractivity contribution in [2.75, 3.05) is 0 Å². The average molecular weight is 294 g/mol. The van der Waals surface area contributed by atoms with E-state index in [1.54, 1.807) is 0 Å². The van der Waals surface area contributed by atoms with Crippen molar-refractivity contribution in [2.45, 2.75) is 31.0 Å². The van der Waals surface area contributed by atoms with Gasteiger partial charge in [-0.2, -0.15) is 0 Å². The first-order valence-electron chi connectivity index (χ1n) is 7.69. The summed E-state index contributed by atoms with van der Waals surface area (Å²) in [6.45, 7) is 1.90. The van der Waals surface area contributed by atoms with Crippen LogP contribution in [0.3, 0.4) is 0 Å². The van der Waals surface area contributed by atoms with Gasteiger partial charge in [0.2, 0.25) is 0 Å². The molecule has 0 spiro atoms. The van der Waals surface area contributed by atoms with Crippen molar-refractivity contribution in [1.29, 1.82) is 0 Å². The van der Waals surface area contributed by atoms with Gasteiger partial charge in [0.15, 0.2) is 0 Å². The van der Waals surface area contributed by atoms with Crippen LogP contribution in [-0.4, -0.2) is 19.3 Å². The monoisotopic (exact) mass is 294 g/mol. The molecule has 21 heavy (non-hydrogen) atoms. The summed E-state index contributed by atoms with van der Waals surface area (Å²) in [5.41, 5.74) is 0.474. The van der Waals surface area contributed by atoms with Crippen LogP contribution in [0, 0.1) is 0 Å². The Labute approximate surface area is 128 Å². The highest BCUT2D eigenvalue weighted by atomic mass is 28.3. The fraction of sp³-hybridized carbons (Fsp3) is 0.263. The van der Waals surface area contributed by atoms with Crippen molar-refractivity contribution < 1.29 is 5.11 Å². The standard InChI is InChI=1S/C19H22OSi/c1-16(20)15-19-13-8-14-21(19,17-9-4-2-5-10-17)18-11-6-3-7-12-18/h2-13,16,19-20H,14-15H2,1H3/t16-,19-/m0/s1. The third kappa shape index (κ3) is 2.61. The van der Waals surface area contributed by atoms with Crippen LogP contribution in [0.2, 0.25) is 11.6 Å². The highest BCUT2D eigenvalue weighted by Gasteiger charge is 2.45. The van der Waals surface area contributed by atoms with Crippen LogP contribution in [0.25, 0.3) is 0 Å². The molecule has 1 nitrogen and oxygen atoms in total. The van der Waals surface area contributed by atoms with Crippen molar-refractivity contribution in [3.63, 3.8) is 0 Å². The van der Waals surface area contributed by atoms with Gasteiger partial charge in [0.05, 0.1) is 6.10 Å². The molecule has 2 heteroatoms. The summed E-state index contributed by atoms with van der Waals surface area (Å²) in [7, 11) is -1.85. The number of hydrogen-bond acceptors (Lipinski definition) is 1. The van der Waals surface area contributed by atoms with Crippen LogP contribution in [0.1, 0.15) is 13.3 Å². The van der Waals surface area contributed by atoms with Gasteiger partial charge in [-0.25, -0.2) is 0 Å². The SMILES string of the molecule is C[C@H](O)C[C@@H]1C=CC[Si]1(c1ccccc1)c1ccccc1. The predicted octanol–water partition coefficient (Wildman–Crippen LogP) is 2.96. The lowest BCUT2D eigenvalue weighted by Crippen LogP contribution is -2.59. The summed E-state index contributed by atoms with van der Waals surface area (Å²) in [6, 6.07) is 23.0. The summed E-state index contributed by atoms with van der Waals surface area (Å²) >= 11 is 0. The van der Waals surface area contributed by atoms with Gasteiger partial charge in [-0.3, -0.25) is 0 Å². The molecule has 0 radical (unpaired) electrons. The molecular weight excluding hydrogens is 272 g/mol. The van der Waals surface area contributed by atoms with E-state index in [4.69, 9.17) is 0 Å². The minimum absolute atomic E-state index is 0.253. The topological polar surface area (TPSA) is 20.2 Å². The van der Waals surface area contributed by atoms with Gasteiger partial charge in [-0.1, -0.05) is 83.2 Å². The molecule has 0 aliphatic carbocycles. The molecule has 3 rings (SSSR count). The summed E-state index contributed by atoms with van der Waals surface area (Å²) < 4.78 is 0.